The topological polar surface area (TPSA) is 39.2 Å². The number of halogens is 2. The Morgan fingerprint density at radius 1 is 1.71 bits per heavy atom. The van der Waals surface area contributed by atoms with Gasteiger partial charge in [0.2, 0.25) is 0 Å². The average molecular weight is 399 g/mol. The van der Waals surface area contributed by atoms with Crippen molar-refractivity contribution >= 4 is 40.5 Å². The molecule has 1 radical (unpaired) electrons. The standard InChI is InChI=1S/C8H6ClINO2.Y/c1-5-8(13-3-2-12)6(10)4-7(9)11-5;/h4H,3H2,1H3;/q-1;. The second kappa shape index (κ2) is 7.09. The van der Waals surface area contributed by atoms with E-state index in [1.165, 1.54) is 0 Å². The van der Waals surface area contributed by atoms with Crippen LogP contribution in [0.2, 0.25) is 5.15 Å². The fourth-order valence-corrected chi connectivity index (χ4v) is 2.12. The minimum Gasteiger partial charge on any atom is -0.539 e. The molecule has 6 heteroatoms. The van der Waals surface area contributed by atoms with Crippen LogP contribution in [0.4, 0.5) is 0 Å². The summed E-state index contributed by atoms with van der Waals surface area (Å²) in [6.07, 6.45) is 1.65. The Morgan fingerprint density at radius 3 is 2.86 bits per heavy atom. The van der Waals surface area contributed by atoms with Crippen LogP contribution in [0.3, 0.4) is 0 Å². The number of rotatable bonds is 3. The molecular weight excluding hydrogens is 393 g/mol. The zero-order valence-corrected chi connectivity index (χ0v) is 13.1. The molecule has 0 aromatic carbocycles. The molecule has 1 heterocycles. The van der Waals surface area contributed by atoms with E-state index in [0.717, 1.165) is 3.57 Å². The van der Waals surface area contributed by atoms with Gasteiger partial charge < -0.3 is 9.53 Å². The van der Waals surface area contributed by atoms with Gasteiger partial charge in [-0.2, -0.15) is 0 Å². The first-order chi connectivity index (χ1) is 6.15. The summed E-state index contributed by atoms with van der Waals surface area (Å²) in [7, 11) is 0. The van der Waals surface area contributed by atoms with Crippen LogP contribution in [-0.4, -0.2) is 17.9 Å². The van der Waals surface area contributed by atoms with Crippen LogP contribution < -0.4 is 4.74 Å². The van der Waals surface area contributed by atoms with Crippen LogP contribution in [0.1, 0.15) is 5.69 Å². The van der Waals surface area contributed by atoms with Gasteiger partial charge in [0.05, 0.1) is 9.26 Å². The Labute approximate surface area is 126 Å². The largest absolute Gasteiger partial charge is 0.539 e. The minimum atomic E-state index is -0.0832. The molecule has 0 bridgehead atoms. The van der Waals surface area contributed by atoms with E-state index >= 15 is 0 Å². The molecule has 0 atom stereocenters. The van der Waals surface area contributed by atoms with Crippen LogP contribution in [0, 0.1) is 10.5 Å². The second-order valence-corrected chi connectivity index (χ2v) is 3.82. The number of aromatic nitrogens is 1. The van der Waals surface area contributed by atoms with Crippen molar-refractivity contribution in [1.82, 2.24) is 4.98 Å². The van der Waals surface area contributed by atoms with Gasteiger partial charge in [-0.05, 0) is 42.2 Å². The molecule has 0 saturated carbocycles. The summed E-state index contributed by atoms with van der Waals surface area (Å²) in [5.74, 6) is 0.591. The number of hydrogen-bond donors (Lipinski definition) is 0. The quantitative estimate of drug-likeness (QED) is 0.444. The summed E-state index contributed by atoms with van der Waals surface area (Å²) in [5, 5.41) is 0.421. The molecule has 1 aromatic rings. The first kappa shape index (κ1) is 14.7. The maximum atomic E-state index is 9.97. The van der Waals surface area contributed by atoms with Gasteiger partial charge in [-0.15, -0.1) is 0 Å². The molecule has 1 rings (SSSR count). The first-order valence-electron chi connectivity index (χ1n) is 3.45. The fourth-order valence-electron chi connectivity index (χ4n) is 0.861. The number of ether oxygens (including phenoxy) is 1. The zero-order chi connectivity index (χ0) is 9.84. The molecule has 0 aliphatic carbocycles. The Balaban J connectivity index is 0.00000169. The summed E-state index contributed by atoms with van der Waals surface area (Å²) in [6.45, 7) is 1.69. The molecule has 73 valence electrons. The van der Waals surface area contributed by atoms with E-state index < -0.39 is 0 Å². The number of carbonyl (C=O) groups excluding carboxylic acids is 1. The molecule has 0 aliphatic rings. The van der Waals surface area contributed by atoms with Gasteiger partial charge in [0, 0.05) is 32.7 Å². The third-order valence-corrected chi connectivity index (χ3v) is 2.34. The number of hydrogen-bond acceptors (Lipinski definition) is 3. The smallest absolute Gasteiger partial charge is 0.150 e. The van der Waals surface area contributed by atoms with E-state index in [1.807, 2.05) is 0 Å². The average Bonchev–Trinajstić information content (AvgIpc) is 2.02. The van der Waals surface area contributed by atoms with E-state index in [-0.39, 0.29) is 39.3 Å². The van der Waals surface area contributed by atoms with Gasteiger partial charge in [0.25, 0.3) is 0 Å². The van der Waals surface area contributed by atoms with Gasteiger partial charge >= 0.3 is 0 Å². The summed E-state index contributed by atoms with van der Waals surface area (Å²) in [5.41, 5.74) is 0.673. The van der Waals surface area contributed by atoms with E-state index in [4.69, 9.17) is 16.3 Å². The van der Waals surface area contributed by atoms with Crippen LogP contribution in [0.25, 0.3) is 0 Å². The van der Waals surface area contributed by atoms with Crippen LogP contribution in [0.15, 0.2) is 6.07 Å². The van der Waals surface area contributed by atoms with Crippen molar-refractivity contribution in [1.29, 1.82) is 0 Å². The van der Waals surface area contributed by atoms with Crippen molar-refractivity contribution in [2.75, 3.05) is 6.61 Å². The molecule has 3 nitrogen and oxygen atoms in total. The number of pyridine rings is 1. The van der Waals surface area contributed by atoms with E-state index in [0.29, 0.717) is 16.6 Å². The maximum Gasteiger partial charge on any atom is 0.150 e. The fraction of sp³-hybridized carbons (Fsp3) is 0.250. The van der Waals surface area contributed by atoms with E-state index in [1.54, 1.807) is 19.3 Å². The summed E-state index contributed by atoms with van der Waals surface area (Å²) in [4.78, 5) is 14.0. The Morgan fingerprint density at radius 2 is 2.36 bits per heavy atom. The molecular formula is C8H6ClINO2Y-. The predicted molar refractivity (Wildman–Crippen MR) is 57.9 cm³/mol. The van der Waals surface area contributed by atoms with Gasteiger partial charge in [-0.3, -0.25) is 0 Å². The van der Waals surface area contributed by atoms with Gasteiger partial charge in [-0.25, -0.2) is 11.3 Å². The normalized spacial score (nSPS) is 9.07. The third-order valence-electron chi connectivity index (χ3n) is 1.34. The molecule has 0 N–H and O–H groups in total. The van der Waals surface area contributed by atoms with Crippen LogP contribution in [0.5, 0.6) is 5.75 Å². The number of aryl methyl sites for hydroxylation is 1. The molecule has 0 aliphatic heterocycles. The van der Waals surface area contributed by atoms with Crippen LogP contribution in [-0.2, 0) is 37.5 Å². The minimum absolute atomic E-state index is 0. The van der Waals surface area contributed by atoms with Crippen LogP contribution >= 0.6 is 34.2 Å². The maximum absolute atomic E-state index is 9.97. The van der Waals surface area contributed by atoms with Crippen molar-refractivity contribution in [3.05, 3.63) is 20.5 Å². The Bertz CT molecular complexity index is 312. The molecule has 1 aromatic heterocycles. The van der Waals surface area contributed by atoms with Crippen molar-refractivity contribution in [3.63, 3.8) is 0 Å². The molecule has 0 unspecified atom stereocenters. The summed E-state index contributed by atoms with van der Waals surface area (Å²) < 4.78 is 5.96. The van der Waals surface area contributed by atoms with E-state index in [9.17, 15) is 4.79 Å². The van der Waals surface area contributed by atoms with Crippen molar-refractivity contribution < 1.29 is 42.2 Å². The summed E-state index contributed by atoms with van der Waals surface area (Å²) in [6, 6.07) is 1.68. The van der Waals surface area contributed by atoms with Crippen molar-refractivity contribution in [2.45, 2.75) is 6.92 Å². The molecule has 14 heavy (non-hydrogen) atoms. The number of nitrogens with zero attached hydrogens (tertiary/aromatic N) is 1. The SMILES string of the molecule is Cc1nc(Cl)cc(I)c1OC[C-]=O.[Y]. The predicted octanol–water partition coefficient (Wildman–Crippen LogP) is 2.13. The van der Waals surface area contributed by atoms with E-state index in [2.05, 4.69) is 27.6 Å². The molecule has 0 fully saturated rings. The van der Waals surface area contributed by atoms with Crippen molar-refractivity contribution in [2.24, 2.45) is 0 Å². The van der Waals surface area contributed by atoms with Gasteiger partial charge in [-0.1, -0.05) is 11.6 Å². The third kappa shape index (κ3) is 4.08. The van der Waals surface area contributed by atoms with Gasteiger partial charge in [0.15, 0.2) is 0 Å². The molecule has 0 saturated heterocycles. The first-order valence-corrected chi connectivity index (χ1v) is 4.91. The Hall–Kier alpha value is 0.744. The second-order valence-electron chi connectivity index (χ2n) is 2.27. The molecule has 0 amide bonds. The van der Waals surface area contributed by atoms with Crippen molar-refractivity contribution in [3.8, 4) is 5.75 Å². The molecule has 0 spiro atoms. The van der Waals surface area contributed by atoms with Gasteiger partial charge in [0.1, 0.15) is 10.9 Å². The Kier molecular flexibility index (Phi) is 7.47. The zero-order valence-electron chi connectivity index (χ0n) is 7.38. The monoisotopic (exact) mass is 399 g/mol. The summed E-state index contributed by atoms with van der Waals surface area (Å²) >= 11 is 7.78.